The fourth-order valence-corrected chi connectivity index (χ4v) is 3.18. The Morgan fingerprint density at radius 1 is 0.840 bits per heavy atom. The summed E-state index contributed by atoms with van der Waals surface area (Å²) in [6.07, 6.45) is 1.71. The van der Waals surface area contributed by atoms with Gasteiger partial charge in [-0.05, 0) is 24.3 Å². The fourth-order valence-electron chi connectivity index (χ4n) is 2.76. The molecule has 0 aliphatic heterocycles. The average molecular weight is 352 g/mol. The Hall–Kier alpha value is -2.79. The molecule has 2 aromatic heterocycles. The van der Waals surface area contributed by atoms with Crippen molar-refractivity contribution in [1.29, 1.82) is 0 Å². The summed E-state index contributed by atoms with van der Waals surface area (Å²) in [5.74, 6) is 0.0795. The quantitative estimate of drug-likeness (QED) is 0.429. The summed E-state index contributed by atoms with van der Waals surface area (Å²) in [4.78, 5) is 27.3. The Morgan fingerprint density at radius 3 is 2.36 bits per heavy atom. The molecule has 4 aromatic rings. The van der Waals surface area contributed by atoms with E-state index in [9.17, 15) is 4.57 Å². The first-order valence-electron chi connectivity index (χ1n) is 7.50. The Morgan fingerprint density at radius 2 is 1.56 bits per heavy atom. The molecule has 0 spiro atoms. The van der Waals surface area contributed by atoms with Crippen molar-refractivity contribution in [2.45, 2.75) is 0 Å². The van der Waals surface area contributed by atoms with Crippen LogP contribution in [0.2, 0.25) is 0 Å². The summed E-state index contributed by atoms with van der Waals surface area (Å²) in [5, 5.41) is 1.91. The molecule has 0 unspecified atom stereocenters. The Bertz CT molecular complexity index is 1140. The molecule has 0 saturated carbocycles. The molecule has 6 nitrogen and oxygen atoms in total. The molecule has 2 heterocycles. The molecule has 4 rings (SSSR count). The van der Waals surface area contributed by atoms with Crippen molar-refractivity contribution in [3.05, 3.63) is 66.9 Å². The van der Waals surface area contributed by atoms with Gasteiger partial charge < -0.3 is 4.52 Å². The van der Waals surface area contributed by atoms with Crippen LogP contribution >= 0.6 is 7.82 Å². The number of aromatic nitrogens is 2. The minimum atomic E-state index is -4.66. The first-order valence-corrected chi connectivity index (χ1v) is 9.03. The Labute approximate surface area is 143 Å². The standard InChI is InChI=1S/C18H13N2O4P/c21-25(22,23)24-16-6-2-1-5-14(16)15-10-9-13-8-7-12-4-3-11-19-17(12)18(13)20-15/h1-11H,(H2,21,22,23). The van der Waals surface area contributed by atoms with Crippen LogP contribution in [0.5, 0.6) is 5.75 Å². The maximum Gasteiger partial charge on any atom is 0.524 e. The molecule has 0 aliphatic rings. The van der Waals surface area contributed by atoms with Crippen molar-refractivity contribution in [2.24, 2.45) is 0 Å². The smallest absolute Gasteiger partial charge is 0.404 e. The first kappa shape index (κ1) is 15.7. The van der Waals surface area contributed by atoms with Crippen molar-refractivity contribution in [1.82, 2.24) is 9.97 Å². The summed E-state index contributed by atoms with van der Waals surface area (Å²) < 4.78 is 16.0. The highest BCUT2D eigenvalue weighted by Gasteiger charge is 2.19. The normalized spacial score (nSPS) is 11.8. The van der Waals surface area contributed by atoms with E-state index in [0.717, 1.165) is 21.8 Å². The SMILES string of the molecule is O=P(O)(O)Oc1ccccc1-c1ccc2ccc3cccnc3c2n1. The van der Waals surface area contributed by atoms with Gasteiger partial charge in [-0.25, -0.2) is 9.55 Å². The Kier molecular flexibility index (Phi) is 3.73. The summed E-state index contributed by atoms with van der Waals surface area (Å²) in [5.41, 5.74) is 2.55. The summed E-state index contributed by atoms with van der Waals surface area (Å²) in [6, 6.07) is 18.1. The second-order valence-electron chi connectivity index (χ2n) is 5.49. The highest BCUT2D eigenvalue weighted by atomic mass is 31.2. The maximum absolute atomic E-state index is 11.2. The third kappa shape index (κ3) is 3.10. The minimum Gasteiger partial charge on any atom is -0.404 e. The van der Waals surface area contributed by atoms with E-state index in [2.05, 4.69) is 9.97 Å². The second kappa shape index (κ2) is 5.93. The number of benzene rings is 2. The second-order valence-corrected chi connectivity index (χ2v) is 6.65. The topological polar surface area (TPSA) is 92.5 Å². The van der Waals surface area contributed by atoms with Crippen LogP contribution in [-0.4, -0.2) is 19.8 Å². The fraction of sp³-hybridized carbons (Fsp3) is 0. The van der Waals surface area contributed by atoms with E-state index in [1.54, 1.807) is 30.5 Å². The molecule has 0 atom stereocenters. The van der Waals surface area contributed by atoms with Crippen molar-refractivity contribution in [2.75, 3.05) is 0 Å². The van der Waals surface area contributed by atoms with Crippen LogP contribution < -0.4 is 4.52 Å². The van der Waals surface area contributed by atoms with E-state index in [0.29, 0.717) is 11.3 Å². The summed E-state index contributed by atoms with van der Waals surface area (Å²) in [7, 11) is -4.66. The van der Waals surface area contributed by atoms with Gasteiger partial charge in [0.1, 0.15) is 5.75 Å². The summed E-state index contributed by atoms with van der Waals surface area (Å²) >= 11 is 0. The molecule has 7 heteroatoms. The van der Waals surface area contributed by atoms with Gasteiger partial charge in [-0.15, -0.1) is 0 Å². The van der Waals surface area contributed by atoms with Crippen LogP contribution in [-0.2, 0) is 4.57 Å². The molecule has 2 N–H and O–H groups in total. The molecule has 25 heavy (non-hydrogen) atoms. The number of phosphoric ester groups is 1. The van der Waals surface area contributed by atoms with Crippen molar-refractivity contribution >= 4 is 29.6 Å². The number of phosphoric acid groups is 1. The number of fused-ring (bicyclic) bond motifs is 3. The van der Waals surface area contributed by atoms with Gasteiger partial charge in [0.25, 0.3) is 0 Å². The monoisotopic (exact) mass is 352 g/mol. The lowest BCUT2D eigenvalue weighted by atomic mass is 10.1. The zero-order valence-corrected chi connectivity index (χ0v) is 13.8. The van der Waals surface area contributed by atoms with Gasteiger partial charge in [0.15, 0.2) is 0 Å². The van der Waals surface area contributed by atoms with Gasteiger partial charge in [0, 0.05) is 22.5 Å². The predicted molar refractivity (Wildman–Crippen MR) is 95.2 cm³/mol. The van der Waals surface area contributed by atoms with E-state index < -0.39 is 7.82 Å². The number of rotatable bonds is 3. The lowest BCUT2D eigenvalue weighted by Gasteiger charge is -2.12. The molecule has 0 radical (unpaired) electrons. The number of hydrogen-bond acceptors (Lipinski definition) is 4. The van der Waals surface area contributed by atoms with Gasteiger partial charge in [-0.2, -0.15) is 0 Å². The summed E-state index contributed by atoms with van der Waals surface area (Å²) in [6.45, 7) is 0. The van der Waals surface area contributed by atoms with Crippen LogP contribution in [0.25, 0.3) is 33.1 Å². The largest absolute Gasteiger partial charge is 0.524 e. The molecule has 0 amide bonds. The third-order valence-electron chi connectivity index (χ3n) is 3.81. The van der Waals surface area contributed by atoms with E-state index in [1.165, 1.54) is 6.07 Å². The highest BCUT2D eigenvalue weighted by Crippen LogP contribution is 2.42. The predicted octanol–water partition coefficient (Wildman–Crippen LogP) is 3.92. The number of hydrogen-bond donors (Lipinski definition) is 2. The van der Waals surface area contributed by atoms with Crippen molar-refractivity contribution in [3.8, 4) is 17.0 Å². The van der Waals surface area contributed by atoms with Gasteiger partial charge in [-0.3, -0.25) is 14.8 Å². The molecular formula is C18H13N2O4P. The average Bonchev–Trinajstić information content (AvgIpc) is 2.60. The van der Waals surface area contributed by atoms with Gasteiger partial charge >= 0.3 is 7.82 Å². The van der Waals surface area contributed by atoms with E-state index in [4.69, 9.17) is 14.3 Å². The van der Waals surface area contributed by atoms with Crippen LogP contribution in [0.15, 0.2) is 66.9 Å². The molecular weight excluding hydrogens is 339 g/mol. The lowest BCUT2D eigenvalue weighted by molar-refractivity contribution is 0.283. The van der Waals surface area contributed by atoms with Crippen LogP contribution in [0.1, 0.15) is 0 Å². The van der Waals surface area contributed by atoms with Crippen LogP contribution in [0.4, 0.5) is 0 Å². The van der Waals surface area contributed by atoms with Crippen LogP contribution in [0.3, 0.4) is 0 Å². The molecule has 0 saturated heterocycles. The molecule has 0 aliphatic carbocycles. The number of para-hydroxylation sites is 1. The lowest BCUT2D eigenvalue weighted by Crippen LogP contribution is -1.94. The minimum absolute atomic E-state index is 0.0795. The first-order chi connectivity index (χ1) is 12.0. The zero-order chi connectivity index (χ0) is 17.4. The van der Waals surface area contributed by atoms with Crippen molar-refractivity contribution < 1.29 is 18.9 Å². The van der Waals surface area contributed by atoms with Crippen molar-refractivity contribution in [3.63, 3.8) is 0 Å². The van der Waals surface area contributed by atoms with Gasteiger partial charge in [0.05, 0.1) is 16.7 Å². The van der Waals surface area contributed by atoms with E-state index >= 15 is 0 Å². The maximum atomic E-state index is 11.2. The zero-order valence-electron chi connectivity index (χ0n) is 12.9. The molecule has 2 aromatic carbocycles. The number of pyridine rings is 2. The van der Waals surface area contributed by atoms with E-state index in [-0.39, 0.29) is 5.75 Å². The number of nitrogens with zero attached hydrogens (tertiary/aromatic N) is 2. The van der Waals surface area contributed by atoms with Gasteiger partial charge in [-0.1, -0.05) is 36.4 Å². The molecule has 0 bridgehead atoms. The highest BCUT2D eigenvalue weighted by molar-refractivity contribution is 7.46. The van der Waals surface area contributed by atoms with Gasteiger partial charge in [0.2, 0.25) is 0 Å². The third-order valence-corrected chi connectivity index (χ3v) is 4.25. The molecule has 124 valence electrons. The van der Waals surface area contributed by atoms with E-state index in [1.807, 2.05) is 30.3 Å². The van der Waals surface area contributed by atoms with Crippen LogP contribution in [0, 0.1) is 0 Å². The Balaban J connectivity index is 1.94. The molecule has 0 fully saturated rings.